The highest BCUT2D eigenvalue weighted by atomic mass is 15.3. The first-order valence-electron chi connectivity index (χ1n) is 8.54. The summed E-state index contributed by atoms with van der Waals surface area (Å²) in [6.45, 7) is 7.28. The highest BCUT2D eigenvalue weighted by Crippen LogP contribution is 2.22. The van der Waals surface area contributed by atoms with Crippen LogP contribution in [0.15, 0.2) is 24.3 Å². The van der Waals surface area contributed by atoms with E-state index in [1.807, 2.05) is 7.05 Å². The molecule has 21 heavy (non-hydrogen) atoms. The Bertz CT molecular complexity index is 429. The van der Waals surface area contributed by atoms with Gasteiger partial charge >= 0.3 is 0 Å². The molecule has 1 aromatic carbocycles. The maximum Gasteiger partial charge on any atom is 0.0234 e. The van der Waals surface area contributed by atoms with Crippen LogP contribution in [0.1, 0.15) is 30.4 Å². The van der Waals surface area contributed by atoms with E-state index in [2.05, 4.69) is 39.4 Å². The number of piperidine rings is 1. The molecule has 1 aromatic rings. The van der Waals surface area contributed by atoms with Crippen LogP contribution in [0.25, 0.3) is 0 Å². The van der Waals surface area contributed by atoms with E-state index < -0.39 is 0 Å². The zero-order valence-corrected chi connectivity index (χ0v) is 13.4. The van der Waals surface area contributed by atoms with Gasteiger partial charge in [-0.05, 0) is 50.5 Å². The zero-order valence-electron chi connectivity index (χ0n) is 13.4. The Labute approximate surface area is 129 Å². The van der Waals surface area contributed by atoms with Crippen molar-refractivity contribution in [2.24, 2.45) is 0 Å². The predicted molar refractivity (Wildman–Crippen MR) is 88.6 cm³/mol. The van der Waals surface area contributed by atoms with Crippen molar-refractivity contribution in [1.29, 1.82) is 0 Å². The standard InChI is InChI=1S/C18H29N3/c1-19-10-9-16-5-7-17(8-6-16)14-20-12-13-21-11-3-2-4-18(21)15-20/h5-8,18-19H,2-4,9-15H2,1H3. The Morgan fingerprint density at radius 2 is 1.86 bits per heavy atom. The van der Waals surface area contributed by atoms with E-state index in [4.69, 9.17) is 0 Å². The topological polar surface area (TPSA) is 18.5 Å². The third-order valence-electron chi connectivity index (χ3n) is 5.01. The molecule has 3 rings (SSSR count). The van der Waals surface area contributed by atoms with Crippen molar-refractivity contribution in [2.45, 2.75) is 38.3 Å². The van der Waals surface area contributed by atoms with E-state index in [1.54, 1.807) is 0 Å². The van der Waals surface area contributed by atoms with Crippen LogP contribution in [0.4, 0.5) is 0 Å². The second-order valence-corrected chi connectivity index (χ2v) is 6.59. The van der Waals surface area contributed by atoms with E-state index >= 15 is 0 Å². The summed E-state index contributed by atoms with van der Waals surface area (Å²) in [7, 11) is 2.01. The number of hydrogen-bond donors (Lipinski definition) is 1. The van der Waals surface area contributed by atoms with Gasteiger partial charge in [0.1, 0.15) is 0 Å². The van der Waals surface area contributed by atoms with Gasteiger partial charge in [-0.25, -0.2) is 0 Å². The van der Waals surface area contributed by atoms with Gasteiger partial charge in [0.2, 0.25) is 0 Å². The minimum atomic E-state index is 0.822. The first kappa shape index (κ1) is 15.0. The SMILES string of the molecule is CNCCc1ccc(CN2CCN3CCCCC3C2)cc1. The van der Waals surface area contributed by atoms with Crippen molar-refractivity contribution in [3.05, 3.63) is 35.4 Å². The first-order chi connectivity index (χ1) is 10.3. The summed E-state index contributed by atoms with van der Waals surface area (Å²) in [6.07, 6.45) is 5.36. The number of piperazine rings is 1. The Balaban J connectivity index is 1.52. The van der Waals surface area contributed by atoms with Gasteiger partial charge in [-0.3, -0.25) is 9.80 Å². The molecule has 0 spiro atoms. The summed E-state index contributed by atoms with van der Waals surface area (Å²) in [5.41, 5.74) is 2.90. The van der Waals surface area contributed by atoms with Gasteiger partial charge in [-0.2, -0.15) is 0 Å². The summed E-state index contributed by atoms with van der Waals surface area (Å²) in [4.78, 5) is 5.36. The number of likely N-dealkylation sites (N-methyl/N-ethyl adjacent to an activating group) is 1. The quantitative estimate of drug-likeness (QED) is 0.895. The van der Waals surface area contributed by atoms with Gasteiger partial charge < -0.3 is 5.32 Å². The monoisotopic (exact) mass is 287 g/mol. The molecule has 3 heteroatoms. The molecule has 1 atom stereocenters. The van der Waals surface area contributed by atoms with Gasteiger partial charge in [0, 0.05) is 32.2 Å². The second kappa shape index (κ2) is 7.39. The van der Waals surface area contributed by atoms with E-state index in [0.29, 0.717) is 0 Å². The minimum absolute atomic E-state index is 0.822. The Kier molecular flexibility index (Phi) is 5.28. The van der Waals surface area contributed by atoms with Crippen molar-refractivity contribution in [3.8, 4) is 0 Å². The molecule has 0 aromatic heterocycles. The van der Waals surface area contributed by atoms with Crippen molar-refractivity contribution in [1.82, 2.24) is 15.1 Å². The maximum atomic E-state index is 3.21. The molecule has 3 nitrogen and oxygen atoms in total. The predicted octanol–water partition coefficient (Wildman–Crippen LogP) is 2.12. The largest absolute Gasteiger partial charge is 0.319 e. The molecule has 2 heterocycles. The van der Waals surface area contributed by atoms with E-state index in [1.165, 1.54) is 56.6 Å². The lowest BCUT2D eigenvalue weighted by atomic mass is 9.99. The van der Waals surface area contributed by atoms with Crippen LogP contribution >= 0.6 is 0 Å². The molecule has 2 fully saturated rings. The van der Waals surface area contributed by atoms with Crippen LogP contribution in [0.2, 0.25) is 0 Å². The molecule has 2 saturated heterocycles. The number of rotatable bonds is 5. The van der Waals surface area contributed by atoms with Crippen molar-refractivity contribution in [2.75, 3.05) is 39.8 Å². The number of benzene rings is 1. The van der Waals surface area contributed by atoms with E-state index in [0.717, 1.165) is 25.6 Å². The molecular formula is C18H29N3. The van der Waals surface area contributed by atoms with Crippen LogP contribution in [0.5, 0.6) is 0 Å². The molecule has 2 aliphatic rings. The summed E-state index contributed by atoms with van der Waals surface area (Å²) in [6, 6.07) is 10.0. The number of hydrogen-bond acceptors (Lipinski definition) is 3. The first-order valence-corrected chi connectivity index (χ1v) is 8.54. The number of nitrogens with zero attached hydrogens (tertiary/aromatic N) is 2. The molecule has 1 unspecified atom stereocenters. The van der Waals surface area contributed by atoms with Crippen molar-refractivity contribution >= 4 is 0 Å². The third kappa shape index (κ3) is 4.06. The van der Waals surface area contributed by atoms with Gasteiger partial charge in [0.05, 0.1) is 0 Å². The molecule has 0 aliphatic carbocycles. The average molecular weight is 287 g/mol. The van der Waals surface area contributed by atoms with Gasteiger partial charge in [-0.1, -0.05) is 30.7 Å². The molecule has 1 N–H and O–H groups in total. The maximum absolute atomic E-state index is 3.21. The molecule has 116 valence electrons. The van der Waals surface area contributed by atoms with Crippen molar-refractivity contribution < 1.29 is 0 Å². The van der Waals surface area contributed by atoms with Gasteiger partial charge in [0.15, 0.2) is 0 Å². The lowest BCUT2D eigenvalue weighted by Crippen LogP contribution is -2.54. The Morgan fingerprint density at radius 3 is 2.67 bits per heavy atom. The van der Waals surface area contributed by atoms with Gasteiger partial charge in [0.25, 0.3) is 0 Å². The smallest absolute Gasteiger partial charge is 0.0234 e. The zero-order chi connectivity index (χ0) is 14.5. The third-order valence-corrected chi connectivity index (χ3v) is 5.01. The summed E-state index contributed by atoms with van der Waals surface area (Å²) in [5.74, 6) is 0. The summed E-state index contributed by atoms with van der Waals surface area (Å²) >= 11 is 0. The molecule has 0 bridgehead atoms. The number of nitrogens with one attached hydrogen (secondary N) is 1. The second-order valence-electron chi connectivity index (χ2n) is 6.59. The molecule has 0 radical (unpaired) electrons. The highest BCUT2D eigenvalue weighted by Gasteiger charge is 2.28. The fourth-order valence-electron chi connectivity index (χ4n) is 3.70. The summed E-state index contributed by atoms with van der Waals surface area (Å²) < 4.78 is 0. The van der Waals surface area contributed by atoms with Crippen LogP contribution in [-0.4, -0.2) is 55.6 Å². The Morgan fingerprint density at radius 1 is 1.05 bits per heavy atom. The lowest BCUT2D eigenvalue weighted by Gasteiger charge is -2.44. The van der Waals surface area contributed by atoms with Gasteiger partial charge in [-0.15, -0.1) is 0 Å². The molecular weight excluding hydrogens is 258 g/mol. The fourth-order valence-corrected chi connectivity index (χ4v) is 3.70. The van der Waals surface area contributed by atoms with Crippen LogP contribution in [0.3, 0.4) is 0 Å². The lowest BCUT2D eigenvalue weighted by molar-refractivity contribution is 0.0457. The number of fused-ring (bicyclic) bond motifs is 1. The molecule has 2 aliphatic heterocycles. The fraction of sp³-hybridized carbons (Fsp3) is 0.667. The Hall–Kier alpha value is -0.900. The van der Waals surface area contributed by atoms with E-state index in [9.17, 15) is 0 Å². The summed E-state index contributed by atoms with van der Waals surface area (Å²) in [5, 5.41) is 3.21. The van der Waals surface area contributed by atoms with Crippen LogP contribution < -0.4 is 5.32 Å². The molecule has 0 amide bonds. The normalized spacial score (nSPS) is 24.0. The average Bonchev–Trinajstić information content (AvgIpc) is 2.54. The van der Waals surface area contributed by atoms with Crippen LogP contribution in [-0.2, 0) is 13.0 Å². The van der Waals surface area contributed by atoms with Crippen LogP contribution in [0, 0.1) is 0 Å². The van der Waals surface area contributed by atoms with E-state index in [-0.39, 0.29) is 0 Å². The highest BCUT2D eigenvalue weighted by molar-refractivity contribution is 5.22. The molecule has 0 saturated carbocycles. The minimum Gasteiger partial charge on any atom is -0.319 e. The van der Waals surface area contributed by atoms with Crippen molar-refractivity contribution in [3.63, 3.8) is 0 Å².